The van der Waals surface area contributed by atoms with Crippen LogP contribution in [0, 0.1) is 5.41 Å². The molecule has 0 aromatic heterocycles. The summed E-state index contributed by atoms with van der Waals surface area (Å²) in [7, 11) is 0. The van der Waals surface area contributed by atoms with E-state index >= 15 is 0 Å². The summed E-state index contributed by atoms with van der Waals surface area (Å²) in [6.07, 6.45) is -10.5. The zero-order chi connectivity index (χ0) is 20.1. The van der Waals surface area contributed by atoms with Gasteiger partial charge in [-0.1, -0.05) is 0 Å². The first kappa shape index (κ1) is 19.8. The minimum atomic E-state index is -4.83. The molecule has 0 unspecified atom stereocenters. The van der Waals surface area contributed by atoms with Crippen LogP contribution in [0.1, 0.15) is 32.1 Å². The quantitative estimate of drug-likeness (QED) is 0.762. The summed E-state index contributed by atoms with van der Waals surface area (Å²) in [6.45, 7) is 0.253. The highest BCUT2D eigenvalue weighted by atomic mass is 19.4. The fraction of sp³-hybridized carbons (Fsp3) is 0.588. The third-order valence-corrected chi connectivity index (χ3v) is 5.46. The summed E-state index contributed by atoms with van der Waals surface area (Å²) in [6, 6.07) is 4.74. The maximum Gasteiger partial charge on any atom is 0.573 e. The van der Waals surface area contributed by atoms with Gasteiger partial charge in [-0.25, -0.2) is 0 Å². The molecule has 2 fully saturated rings. The van der Waals surface area contributed by atoms with Crippen molar-refractivity contribution in [1.82, 2.24) is 0 Å². The number of benzene rings is 1. The molecule has 1 aromatic rings. The molecule has 4 nitrogen and oxygen atoms in total. The molecular weight excluding hydrogens is 380 g/mol. The van der Waals surface area contributed by atoms with E-state index < -0.39 is 42.1 Å². The Bertz CT molecular complexity index is 705. The minimum Gasteiger partial charge on any atom is -0.406 e. The van der Waals surface area contributed by atoms with Gasteiger partial charge in [0.05, 0.1) is 5.41 Å². The Morgan fingerprint density at radius 3 is 1.96 bits per heavy atom. The van der Waals surface area contributed by atoms with Gasteiger partial charge in [-0.15, -0.1) is 13.2 Å². The predicted molar refractivity (Wildman–Crippen MR) is 82.0 cm³/mol. The molecule has 3 rings (SSSR count). The number of alkyl halides is 6. The van der Waals surface area contributed by atoms with Gasteiger partial charge in [0.25, 0.3) is 0 Å². The number of ether oxygens (including phenoxy) is 1. The standard InChI is InChI=1S/C17H17F6NO3/c18-16(19,20)15(26)7-5-14(6-8-15)9-10-24(13(14)25)11-1-3-12(4-2-11)27-17(21,22)23/h1-4,26H,5-10H2. The van der Waals surface area contributed by atoms with Gasteiger partial charge < -0.3 is 14.7 Å². The molecular formula is C17H17F6NO3. The van der Waals surface area contributed by atoms with Crippen LogP contribution in [-0.2, 0) is 4.79 Å². The predicted octanol–water partition coefficient (Wildman–Crippen LogP) is 4.18. The molecule has 1 saturated heterocycles. The maximum absolute atomic E-state index is 13.0. The van der Waals surface area contributed by atoms with Gasteiger partial charge >= 0.3 is 12.5 Å². The molecule has 1 aromatic carbocycles. The van der Waals surface area contributed by atoms with Crippen LogP contribution in [0.4, 0.5) is 32.0 Å². The minimum absolute atomic E-state index is 0.0897. The average Bonchev–Trinajstić information content (AvgIpc) is 2.86. The van der Waals surface area contributed by atoms with Crippen molar-refractivity contribution >= 4 is 11.6 Å². The summed E-state index contributed by atoms with van der Waals surface area (Å²) < 4.78 is 79.3. The first-order chi connectivity index (χ1) is 12.4. The number of amides is 1. The fourth-order valence-electron chi connectivity index (χ4n) is 3.78. The Morgan fingerprint density at radius 1 is 0.926 bits per heavy atom. The molecule has 1 aliphatic heterocycles. The zero-order valence-corrected chi connectivity index (χ0v) is 14.0. The monoisotopic (exact) mass is 397 g/mol. The molecule has 1 amide bonds. The highest BCUT2D eigenvalue weighted by molar-refractivity contribution is 6.00. The Balaban J connectivity index is 1.71. The third kappa shape index (κ3) is 3.71. The van der Waals surface area contributed by atoms with Crippen LogP contribution in [-0.4, -0.2) is 35.7 Å². The molecule has 1 spiro atoms. The molecule has 1 aliphatic carbocycles. The Hall–Kier alpha value is -1.97. The van der Waals surface area contributed by atoms with E-state index in [1.54, 1.807) is 0 Å². The second-order valence-corrected chi connectivity index (χ2v) is 7.06. The number of nitrogens with zero attached hydrogens (tertiary/aromatic N) is 1. The number of rotatable bonds is 2. The average molecular weight is 397 g/mol. The van der Waals surface area contributed by atoms with Crippen LogP contribution in [0.3, 0.4) is 0 Å². The Morgan fingerprint density at radius 2 is 1.48 bits per heavy atom. The molecule has 1 heterocycles. The summed E-state index contributed by atoms with van der Waals surface area (Å²) in [5, 5.41) is 9.79. The molecule has 1 saturated carbocycles. The molecule has 1 N–H and O–H groups in total. The largest absolute Gasteiger partial charge is 0.573 e. The number of carbonyl (C=O) groups is 1. The van der Waals surface area contributed by atoms with Gasteiger partial charge in [-0.2, -0.15) is 13.2 Å². The van der Waals surface area contributed by atoms with Crippen molar-refractivity contribution in [2.24, 2.45) is 5.41 Å². The molecule has 2 aliphatic rings. The molecule has 0 bridgehead atoms. The van der Waals surface area contributed by atoms with Gasteiger partial charge in [-0.05, 0) is 56.4 Å². The van der Waals surface area contributed by atoms with Crippen molar-refractivity contribution in [2.75, 3.05) is 11.4 Å². The van der Waals surface area contributed by atoms with E-state index in [9.17, 15) is 36.2 Å². The van der Waals surface area contributed by atoms with Crippen molar-refractivity contribution in [2.45, 2.75) is 50.2 Å². The lowest BCUT2D eigenvalue weighted by atomic mass is 9.67. The Kier molecular flexibility index (Phi) is 4.61. The summed E-state index contributed by atoms with van der Waals surface area (Å²) >= 11 is 0. The van der Waals surface area contributed by atoms with Gasteiger partial charge in [0, 0.05) is 12.2 Å². The van der Waals surface area contributed by atoms with Gasteiger partial charge in [0.2, 0.25) is 5.91 Å². The van der Waals surface area contributed by atoms with E-state index in [2.05, 4.69) is 4.74 Å². The van der Waals surface area contributed by atoms with Gasteiger partial charge in [-0.3, -0.25) is 4.79 Å². The smallest absolute Gasteiger partial charge is 0.406 e. The first-order valence-electron chi connectivity index (χ1n) is 8.32. The number of aliphatic hydroxyl groups is 1. The second kappa shape index (κ2) is 6.29. The number of anilines is 1. The van der Waals surface area contributed by atoms with E-state index in [4.69, 9.17) is 0 Å². The zero-order valence-electron chi connectivity index (χ0n) is 14.0. The van der Waals surface area contributed by atoms with Crippen molar-refractivity contribution in [1.29, 1.82) is 0 Å². The van der Waals surface area contributed by atoms with Gasteiger partial charge in [0.1, 0.15) is 5.75 Å². The topological polar surface area (TPSA) is 49.8 Å². The van der Waals surface area contributed by atoms with Crippen LogP contribution in [0.2, 0.25) is 0 Å². The molecule has 0 atom stereocenters. The van der Waals surface area contributed by atoms with E-state index in [-0.39, 0.29) is 25.3 Å². The highest BCUT2D eigenvalue weighted by Crippen LogP contribution is 2.52. The highest BCUT2D eigenvalue weighted by Gasteiger charge is 2.60. The van der Waals surface area contributed by atoms with Crippen LogP contribution >= 0.6 is 0 Å². The first-order valence-corrected chi connectivity index (χ1v) is 8.32. The lowest BCUT2D eigenvalue weighted by molar-refractivity contribution is -0.274. The van der Waals surface area contributed by atoms with Gasteiger partial charge in [0.15, 0.2) is 5.60 Å². The fourth-order valence-corrected chi connectivity index (χ4v) is 3.78. The van der Waals surface area contributed by atoms with Crippen molar-refractivity contribution in [3.05, 3.63) is 24.3 Å². The third-order valence-electron chi connectivity index (χ3n) is 5.46. The molecule has 27 heavy (non-hydrogen) atoms. The lowest BCUT2D eigenvalue weighted by Crippen LogP contribution is -2.51. The lowest BCUT2D eigenvalue weighted by Gasteiger charge is -2.41. The molecule has 0 radical (unpaired) electrons. The summed E-state index contributed by atoms with van der Waals surface area (Å²) in [5.41, 5.74) is -3.40. The van der Waals surface area contributed by atoms with Crippen LogP contribution < -0.4 is 9.64 Å². The van der Waals surface area contributed by atoms with E-state index in [1.807, 2.05) is 0 Å². The SMILES string of the molecule is O=C1N(c2ccc(OC(F)(F)F)cc2)CCC12CCC(O)(C(F)(F)F)CC2. The van der Waals surface area contributed by atoms with Crippen LogP contribution in [0.5, 0.6) is 5.75 Å². The number of hydrogen-bond donors (Lipinski definition) is 1. The van der Waals surface area contributed by atoms with E-state index in [0.29, 0.717) is 12.1 Å². The van der Waals surface area contributed by atoms with Crippen molar-refractivity contribution in [3.8, 4) is 5.75 Å². The Labute approximate surface area is 150 Å². The molecule has 10 heteroatoms. The van der Waals surface area contributed by atoms with Crippen LogP contribution in [0.25, 0.3) is 0 Å². The maximum atomic E-state index is 13.0. The normalized spacial score (nSPS) is 29.4. The number of carbonyl (C=O) groups excluding carboxylic acids is 1. The van der Waals surface area contributed by atoms with Crippen LogP contribution in [0.15, 0.2) is 24.3 Å². The van der Waals surface area contributed by atoms with E-state index in [0.717, 1.165) is 12.1 Å². The van der Waals surface area contributed by atoms with E-state index in [1.165, 1.54) is 17.0 Å². The summed E-state index contributed by atoms with van der Waals surface area (Å²) in [4.78, 5) is 14.2. The van der Waals surface area contributed by atoms with Crippen molar-refractivity contribution in [3.63, 3.8) is 0 Å². The summed E-state index contributed by atoms with van der Waals surface area (Å²) in [5.74, 6) is -0.795. The number of halogens is 6. The number of hydrogen-bond acceptors (Lipinski definition) is 3. The second-order valence-electron chi connectivity index (χ2n) is 7.06. The molecule has 150 valence electrons. The van der Waals surface area contributed by atoms with Crippen molar-refractivity contribution < 1.29 is 41.0 Å².